The van der Waals surface area contributed by atoms with Gasteiger partial charge in [0, 0.05) is 49.1 Å². The Morgan fingerprint density at radius 1 is 0.952 bits per heavy atom. The monoisotopic (exact) mass is 301 g/mol. The molecule has 0 spiro atoms. The molecule has 1 aliphatic heterocycles. The minimum absolute atomic E-state index is 0.720. The number of hydrogen-bond donors (Lipinski definition) is 1. The minimum atomic E-state index is 0.720. The fourth-order valence-electron chi connectivity index (χ4n) is 2.74. The number of hydrogen-bond acceptors (Lipinski definition) is 3. The predicted octanol–water partition coefficient (Wildman–Crippen LogP) is 3.24. The molecule has 3 nitrogen and oxygen atoms in total. The summed E-state index contributed by atoms with van der Waals surface area (Å²) < 4.78 is 0. The van der Waals surface area contributed by atoms with E-state index in [-0.39, 0.29) is 0 Å². The Hall–Kier alpha value is -1.71. The Morgan fingerprint density at radius 2 is 1.67 bits per heavy atom. The van der Waals surface area contributed by atoms with E-state index in [2.05, 4.69) is 40.1 Å². The van der Waals surface area contributed by atoms with Crippen molar-refractivity contribution in [1.29, 1.82) is 0 Å². The summed E-state index contributed by atoms with van der Waals surface area (Å²) in [5, 5.41) is 0.764. The molecule has 1 saturated heterocycles. The second kappa shape index (κ2) is 6.37. The fourth-order valence-corrected chi connectivity index (χ4v) is 2.98. The van der Waals surface area contributed by atoms with Crippen molar-refractivity contribution in [2.24, 2.45) is 0 Å². The Kier molecular flexibility index (Phi) is 4.32. The third-order valence-electron chi connectivity index (χ3n) is 3.96. The lowest BCUT2D eigenvalue weighted by Crippen LogP contribution is -2.45. The van der Waals surface area contributed by atoms with E-state index < -0.39 is 0 Å². The molecule has 2 N–H and O–H groups in total. The summed E-state index contributed by atoms with van der Waals surface area (Å²) in [5.41, 5.74) is 8.92. The molecule has 1 heterocycles. The van der Waals surface area contributed by atoms with Gasteiger partial charge in [0.1, 0.15) is 0 Å². The summed E-state index contributed by atoms with van der Waals surface area (Å²) in [6.45, 7) is 5.10. The highest BCUT2D eigenvalue weighted by Crippen LogP contribution is 2.22. The molecule has 1 aliphatic rings. The SMILES string of the molecule is Nc1ccc(CN2CCN(c3ccccc3)CC2)c(Cl)c1. The molecule has 110 valence electrons. The van der Waals surface area contributed by atoms with E-state index in [9.17, 15) is 0 Å². The molecule has 0 amide bonds. The van der Waals surface area contributed by atoms with Gasteiger partial charge in [0.2, 0.25) is 0 Å². The maximum Gasteiger partial charge on any atom is 0.0471 e. The Morgan fingerprint density at radius 3 is 2.33 bits per heavy atom. The standard InChI is InChI=1S/C17H20ClN3/c18-17-12-15(19)7-6-14(17)13-20-8-10-21(11-9-20)16-4-2-1-3-5-16/h1-7,12H,8-11,13,19H2. The van der Waals surface area contributed by atoms with Crippen LogP contribution < -0.4 is 10.6 Å². The summed E-state index contributed by atoms with van der Waals surface area (Å²) in [4.78, 5) is 4.87. The van der Waals surface area contributed by atoms with Crippen LogP contribution >= 0.6 is 11.6 Å². The molecule has 0 atom stereocenters. The molecule has 21 heavy (non-hydrogen) atoms. The first-order valence-electron chi connectivity index (χ1n) is 7.28. The Labute approximate surface area is 130 Å². The average Bonchev–Trinajstić information content (AvgIpc) is 2.52. The molecule has 0 bridgehead atoms. The number of rotatable bonds is 3. The van der Waals surface area contributed by atoms with E-state index in [1.165, 1.54) is 5.69 Å². The van der Waals surface area contributed by atoms with Crippen LogP contribution in [0.5, 0.6) is 0 Å². The molecule has 4 heteroatoms. The van der Waals surface area contributed by atoms with Gasteiger partial charge in [-0.15, -0.1) is 0 Å². The number of piperazine rings is 1. The van der Waals surface area contributed by atoms with Crippen LogP contribution in [0.3, 0.4) is 0 Å². The highest BCUT2D eigenvalue weighted by molar-refractivity contribution is 6.31. The summed E-state index contributed by atoms with van der Waals surface area (Å²) >= 11 is 6.26. The number of nitrogens with two attached hydrogens (primary N) is 1. The van der Waals surface area contributed by atoms with Crippen LogP contribution in [0.15, 0.2) is 48.5 Å². The number of anilines is 2. The van der Waals surface area contributed by atoms with Gasteiger partial charge in [0.15, 0.2) is 0 Å². The largest absolute Gasteiger partial charge is 0.399 e. The minimum Gasteiger partial charge on any atom is -0.399 e. The van der Waals surface area contributed by atoms with Crippen molar-refractivity contribution >= 4 is 23.0 Å². The van der Waals surface area contributed by atoms with Gasteiger partial charge in [0.05, 0.1) is 0 Å². The molecular weight excluding hydrogens is 282 g/mol. The zero-order valence-corrected chi connectivity index (χ0v) is 12.8. The van der Waals surface area contributed by atoms with Gasteiger partial charge in [0.25, 0.3) is 0 Å². The van der Waals surface area contributed by atoms with Crippen LogP contribution in [-0.2, 0) is 6.54 Å². The van der Waals surface area contributed by atoms with E-state index in [1.54, 1.807) is 0 Å². The highest BCUT2D eigenvalue weighted by atomic mass is 35.5. The third-order valence-corrected chi connectivity index (χ3v) is 4.32. The van der Waals surface area contributed by atoms with Gasteiger partial charge in [-0.1, -0.05) is 35.9 Å². The molecule has 0 saturated carbocycles. The summed E-state index contributed by atoms with van der Waals surface area (Å²) in [6, 6.07) is 16.4. The van der Waals surface area contributed by atoms with E-state index >= 15 is 0 Å². The topological polar surface area (TPSA) is 32.5 Å². The van der Waals surface area contributed by atoms with Crippen molar-refractivity contribution in [1.82, 2.24) is 4.90 Å². The number of benzene rings is 2. The zero-order valence-electron chi connectivity index (χ0n) is 12.0. The van der Waals surface area contributed by atoms with Crippen LogP contribution in [0, 0.1) is 0 Å². The first-order valence-corrected chi connectivity index (χ1v) is 7.66. The predicted molar refractivity (Wildman–Crippen MR) is 89.8 cm³/mol. The van der Waals surface area contributed by atoms with Crippen molar-refractivity contribution in [3.05, 3.63) is 59.1 Å². The lowest BCUT2D eigenvalue weighted by Gasteiger charge is -2.36. The third kappa shape index (κ3) is 3.49. The second-order valence-corrected chi connectivity index (χ2v) is 5.86. The molecular formula is C17H20ClN3. The fraction of sp³-hybridized carbons (Fsp3) is 0.294. The number of para-hydroxylation sites is 1. The van der Waals surface area contributed by atoms with E-state index in [1.807, 2.05) is 18.2 Å². The van der Waals surface area contributed by atoms with Crippen LogP contribution in [0.4, 0.5) is 11.4 Å². The van der Waals surface area contributed by atoms with Crippen LogP contribution in [-0.4, -0.2) is 31.1 Å². The number of nitrogens with zero attached hydrogens (tertiary/aromatic N) is 2. The van der Waals surface area contributed by atoms with Gasteiger partial charge >= 0.3 is 0 Å². The number of nitrogen functional groups attached to an aromatic ring is 1. The average molecular weight is 302 g/mol. The van der Waals surface area contributed by atoms with Crippen LogP contribution in [0.1, 0.15) is 5.56 Å². The quantitative estimate of drug-likeness (QED) is 0.883. The van der Waals surface area contributed by atoms with Crippen molar-refractivity contribution < 1.29 is 0 Å². The van der Waals surface area contributed by atoms with E-state index in [0.29, 0.717) is 0 Å². The summed E-state index contributed by atoms with van der Waals surface area (Å²) in [7, 11) is 0. The lowest BCUT2D eigenvalue weighted by molar-refractivity contribution is 0.250. The zero-order chi connectivity index (χ0) is 14.7. The molecule has 3 rings (SSSR count). The first-order chi connectivity index (χ1) is 10.2. The van der Waals surface area contributed by atoms with Gasteiger partial charge in [-0.25, -0.2) is 0 Å². The molecule has 0 radical (unpaired) electrons. The Balaban J connectivity index is 1.59. The van der Waals surface area contributed by atoms with Crippen molar-refractivity contribution in [3.63, 3.8) is 0 Å². The van der Waals surface area contributed by atoms with Gasteiger partial charge in [-0.3, -0.25) is 4.90 Å². The highest BCUT2D eigenvalue weighted by Gasteiger charge is 2.17. The maximum absolute atomic E-state index is 6.26. The molecule has 1 fully saturated rings. The normalized spacial score (nSPS) is 16.1. The molecule has 0 aromatic heterocycles. The molecule has 2 aromatic carbocycles. The lowest BCUT2D eigenvalue weighted by atomic mass is 10.1. The summed E-state index contributed by atoms with van der Waals surface area (Å²) in [6.07, 6.45) is 0. The van der Waals surface area contributed by atoms with Crippen LogP contribution in [0.25, 0.3) is 0 Å². The van der Waals surface area contributed by atoms with Crippen molar-refractivity contribution in [2.45, 2.75) is 6.54 Å². The smallest absolute Gasteiger partial charge is 0.0471 e. The summed E-state index contributed by atoms with van der Waals surface area (Å²) in [5.74, 6) is 0. The van der Waals surface area contributed by atoms with Crippen molar-refractivity contribution in [2.75, 3.05) is 36.8 Å². The number of halogens is 1. The second-order valence-electron chi connectivity index (χ2n) is 5.45. The van der Waals surface area contributed by atoms with Gasteiger partial charge in [-0.05, 0) is 29.8 Å². The van der Waals surface area contributed by atoms with Crippen LogP contribution in [0.2, 0.25) is 5.02 Å². The van der Waals surface area contributed by atoms with Gasteiger partial charge < -0.3 is 10.6 Å². The molecule has 2 aromatic rings. The maximum atomic E-state index is 6.26. The Bertz CT molecular complexity index is 592. The van der Waals surface area contributed by atoms with Crippen molar-refractivity contribution in [3.8, 4) is 0 Å². The first kappa shape index (κ1) is 14.2. The van der Waals surface area contributed by atoms with E-state index in [0.717, 1.165) is 49.0 Å². The molecule has 0 aliphatic carbocycles. The van der Waals surface area contributed by atoms with Gasteiger partial charge in [-0.2, -0.15) is 0 Å². The molecule has 0 unspecified atom stereocenters. The van der Waals surface area contributed by atoms with E-state index in [4.69, 9.17) is 17.3 Å².